The first kappa shape index (κ1) is 17.9. The number of rotatable bonds is 4. The number of ether oxygens (including phenoxy) is 2. The number of hydrogen-bond donors (Lipinski definition) is 0. The van der Waals surface area contributed by atoms with Gasteiger partial charge in [-0.15, -0.1) is 0 Å². The van der Waals surface area contributed by atoms with Gasteiger partial charge in [-0.05, 0) is 37.1 Å². The van der Waals surface area contributed by atoms with E-state index >= 15 is 0 Å². The molecule has 0 N–H and O–H groups in total. The quantitative estimate of drug-likeness (QED) is 0.806. The van der Waals surface area contributed by atoms with Crippen LogP contribution in [0, 0.1) is 0 Å². The van der Waals surface area contributed by atoms with Crippen LogP contribution in [-0.4, -0.2) is 65.5 Å². The van der Waals surface area contributed by atoms with Gasteiger partial charge < -0.3 is 19.3 Å². The molecule has 27 heavy (non-hydrogen) atoms. The van der Waals surface area contributed by atoms with Crippen molar-refractivity contribution in [3.63, 3.8) is 0 Å². The van der Waals surface area contributed by atoms with Crippen LogP contribution >= 0.6 is 11.3 Å². The van der Waals surface area contributed by atoms with Crippen molar-refractivity contribution in [3.8, 4) is 10.9 Å². The van der Waals surface area contributed by atoms with E-state index < -0.39 is 0 Å². The molecule has 0 spiro atoms. The van der Waals surface area contributed by atoms with Crippen molar-refractivity contribution < 1.29 is 19.1 Å². The molecule has 2 aliphatic heterocycles. The topological polar surface area (TPSA) is 72.0 Å². The first-order chi connectivity index (χ1) is 13.2. The highest BCUT2D eigenvalue weighted by Crippen LogP contribution is 2.24. The Morgan fingerprint density at radius 1 is 1.11 bits per heavy atom. The molecule has 7 nitrogen and oxygen atoms in total. The van der Waals surface area contributed by atoms with Gasteiger partial charge in [0.2, 0.25) is 0 Å². The minimum absolute atomic E-state index is 0.0278. The summed E-state index contributed by atoms with van der Waals surface area (Å²) < 4.78 is 11.1. The summed E-state index contributed by atoms with van der Waals surface area (Å²) in [6.45, 7) is 2.84. The Morgan fingerprint density at radius 3 is 2.48 bits per heavy atom. The third kappa shape index (κ3) is 4.12. The molecule has 0 bridgehead atoms. The van der Waals surface area contributed by atoms with E-state index in [4.69, 9.17) is 9.47 Å². The van der Waals surface area contributed by atoms with Gasteiger partial charge in [-0.1, -0.05) is 11.3 Å². The number of piperazine rings is 1. The third-order valence-electron chi connectivity index (χ3n) is 4.80. The Balaban J connectivity index is 1.31. The summed E-state index contributed by atoms with van der Waals surface area (Å²) in [5.74, 6) is 0.678. The SMILES string of the molecule is O=C(c1ccc(Oc2nccs2)cc1)N1CCN(C(=O)C2CCCO2)CC1. The summed E-state index contributed by atoms with van der Waals surface area (Å²) in [6.07, 6.45) is 3.13. The maximum absolute atomic E-state index is 12.7. The van der Waals surface area contributed by atoms with Crippen molar-refractivity contribution in [1.29, 1.82) is 0 Å². The van der Waals surface area contributed by atoms with Crippen molar-refractivity contribution in [2.75, 3.05) is 32.8 Å². The lowest BCUT2D eigenvalue weighted by Gasteiger charge is -2.35. The van der Waals surface area contributed by atoms with Crippen molar-refractivity contribution in [2.24, 2.45) is 0 Å². The highest BCUT2D eigenvalue weighted by atomic mass is 32.1. The van der Waals surface area contributed by atoms with E-state index in [0.29, 0.717) is 49.3 Å². The van der Waals surface area contributed by atoms with E-state index in [2.05, 4.69) is 4.98 Å². The fourth-order valence-corrected chi connectivity index (χ4v) is 3.82. The highest BCUT2D eigenvalue weighted by Gasteiger charge is 2.31. The Bertz CT molecular complexity index is 780. The molecule has 142 valence electrons. The molecule has 2 saturated heterocycles. The van der Waals surface area contributed by atoms with Crippen LogP contribution in [0.1, 0.15) is 23.2 Å². The zero-order valence-corrected chi connectivity index (χ0v) is 15.7. The molecule has 2 aromatic rings. The van der Waals surface area contributed by atoms with Gasteiger partial charge in [-0.3, -0.25) is 9.59 Å². The zero-order chi connectivity index (χ0) is 18.6. The van der Waals surface area contributed by atoms with E-state index in [1.54, 1.807) is 35.4 Å². The first-order valence-electron chi connectivity index (χ1n) is 9.08. The summed E-state index contributed by atoms with van der Waals surface area (Å²) in [7, 11) is 0. The van der Waals surface area contributed by atoms with E-state index in [0.717, 1.165) is 12.8 Å². The molecule has 8 heteroatoms. The Hall–Kier alpha value is -2.45. The Morgan fingerprint density at radius 2 is 1.85 bits per heavy atom. The summed E-state index contributed by atoms with van der Waals surface area (Å²) in [5.41, 5.74) is 0.611. The monoisotopic (exact) mass is 387 g/mol. The summed E-state index contributed by atoms with van der Waals surface area (Å²) >= 11 is 1.41. The van der Waals surface area contributed by atoms with Crippen LogP contribution in [0.5, 0.6) is 10.9 Å². The number of aromatic nitrogens is 1. The standard InChI is InChI=1S/C19H21N3O4S/c23-17(14-3-5-15(6-4-14)26-19-20-7-13-27-19)21-8-10-22(11-9-21)18(24)16-2-1-12-25-16/h3-7,13,16H,1-2,8-12H2. The fraction of sp³-hybridized carbons (Fsp3) is 0.421. The first-order valence-corrected chi connectivity index (χ1v) is 9.96. The molecule has 1 atom stereocenters. The lowest BCUT2D eigenvalue weighted by Crippen LogP contribution is -2.52. The minimum Gasteiger partial charge on any atom is -0.431 e. The van der Waals surface area contributed by atoms with Gasteiger partial charge in [0.05, 0.1) is 0 Å². The van der Waals surface area contributed by atoms with Gasteiger partial charge in [0.1, 0.15) is 11.9 Å². The maximum atomic E-state index is 12.7. The second-order valence-corrected chi connectivity index (χ2v) is 7.40. The van der Waals surface area contributed by atoms with Crippen LogP contribution in [-0.2, 0) is 9.53 Å². The molecule has 1 aromatic carbocycles. The maximum Gasteiger partial charge on any atom is 0.278 e. The molecule has 3 heterocycles. The average molecular weight is 387 g/mol. The number of hydrogen-bond acceptors (Lipinski definition) is 6. The van der Waals surface area contributed by atoms with Crippen LogP contribution in [0.2, 0.25) is 0 Å². The largest absolute Gasteiger partial charge is 0.431 e. The summed E-state index contributed by atoms with van der Waals surface area (Å²) in [4.78, 5) is 32.8. The second-order valence-electron chi connectivity index (χ2n) is 6.54. The van der Waals surface area contributed by atoms with Crippen LogP contribution in [0.25, 0.3) is 0 Å². The van der Waals surface area contributed by atoms with E-state index in [-0.39, 0.29) is 17.9 Å². The lowest BCUT2D eigenvalue weighted by molar-refractivity contribution is -0.142. The van der Waals surface area contributed by atoms with E-state index in [9.17, 15) is 9.59 Å². The van der Waals surface area contributed by atoms with Gasteiger partial charge in [0.15, 0.2) is 0 Å². The molecule has 2 fully saturated rings. The molecule has 1 unspecified atom stereocenters. The van der Waals surface area contributed by atoms with Crippen LogP contribution in [0.15, 0.2) is 35.8 Å². The number of carbonyl (C=O) groups is 2. The van der Waals surface area contributed by atoms with Crippen LogP contribution < -0.4 is 4.74 Å². The molecule has 4 rings (SSSR count). The van der Waals surface area contributed by atoms with Gasteiger partial charge in [0.25, 0.3) is 17.0 Å². The predicted octanol–water partition coefficient (Wildman–Crippen LogP) is 2.40. The molecule has 0 radical (unpaired) electrons. The lowest BCUT2D eigenvalue weighted by atomic mass is 10.1. The smallest absolute Gasteiger partial charge is 0.278 e. The van der Waals surface area contributed by atoms with E-state index in [1.807, 2.05) is 10.3 Å². The highest BCUT2D eigenvalue weighted by molar-refractivity contribution is 7.11. The zero-order valence-electron chi connectivity index (χ0n) is 14.9. The van der Waals surface area contributed by atoms with Crippen molar-refractivity contribution in [1.82, 2.24) is 14.8 Å². The van der Waals surface area contributed by atoms with Crippen LogP contribution in [0.4, 0.5) is 0 Å². The molecule has 1 aromatic heterocycles. The number of nitrogens with zero attached hydrogens (tertiary/aromatic N) is 3. The third-order valence-corrected chi connectivity index (χ3v) is 5.45. The molecule has 0 aliphatic carbocycles. The normalized spacial score (nSPS) is 19.9. The summed E-state index contributed by atoms with van der Waals surface area (Å²) in [6, 6.07) is 7.06. The van der Waals surface area contributed by atoms with Gasteiger partial charge in [0, 0.05) is 49.9 Å². The van der Waals surface area contributed by atoms with Crippen molar-refractivity contribution in [2.45, 2.75) is 18.9 Å². The number of amides is 2. The number of thiazole rings is 1. The fourth-order valence-electron chi connectivity index (χ4n) is 3.32. The van der Waals surface area contributed by atoms with Crippen molar-refractivity contribution in [3.05, 3.63) is 41.4 Å². The Kier molecular flexibility index (Phi) is 5.35. The predicted molar refractivity (Wildman–Crippen MR) is 100 cm³/mol. The van der Waals surface area contributed by atoms with Crippen molar-refractivity contribution >= 4 is 23.2 Å². The second kappa shape index (κ2) is 8.06. The average Bonchev–Trinajstić information content (AvgIpc) is 3.42. The molecule has 0 saturated carbocycles. The molecular weight excluding hydrogens is 366 g/mol. The van der Waals surface area contributed by atoms with E-state index in [1.165, 1.54) is 11.3 Å². The number of benzene rings is 1. The van der Waals surface area contributed by atoms with Crippen LogP contribution in [0.3, 0.4) is 0 Å². The minimum atomic E-state index is -0.294. The molecular formula is C19H21N3O4S. The van der Waals surface area contributed by atoms with Gasteiger partial charge >= 0.3 is 0 Å². The number of carbonyl (C=O) groups excluding carboxylic acids is 2. The van der Waals surface area contributed by atoms with Gasteiger partial charge in [-0.2, -0.15) is 0 Å². The van der Waals surface area contributed by atoms with Gasteiger partial charge in [-0.25, -0.2) is 4.98 Å². The Labute approximate surface area is 161 Å². The molecule has 2 amide bonds. The molecule has 2 aliphatic rings. The summed E-state index contributed by atoms with van der Waals surface area (Å²) in [5, 5.41) is 2.41.